The van der Waals surface area contributed by atoms with Crippen LogP contribution in [0.3, 0.4) is 0 Å². The summed E-state index contributed by atoms with van der Waals surface area (Å²) in [7, 11) is 0. The molecular weight excluding hydrogens is 419 g/mol. The summed E-state index contributed by atoms with van der Waals surface area (Å²) >= 11 is 0. The number of ether oxygens (including phenoxy) is 2. The van der Waals surface area contributed by atoms with Gasteiger partial charge in [-0.3, -0.25) is 4.90 Å². The van der Waals surface area contributed by atoms with Crippen LogP contribution in [-0.4, -0.2) is 71.2 Å². The molecule has 31 heavy (non-hydrogen) atoms. The second-order valence-corrected chi connectivity index (χ2v) is 7.42. The highest BCUT2D eigenvalue weighted by atomic mass is 19.4. The number of aryl methyl sites for hydroxylation is 1. The van der Waals surface area contributed by atoms with Gasteiger partial charge in [0.2, 0.25) is 5.89 Å². The Morgan fingerprint density at radius 1 is 1.29 bits per heavy atom. The zero-order valence-corrected chi connectivity index (χ0v) is 16.9. The van der Waals surface area contributed by atoms with E-state index in [1.54, 1.807) is 0 Å². The lowest BCUT2D eigenvalue weighted by molar-refractivity contribution is -0.192. The molecule has 0 amide bonds. The number of aliphatic carboxylic acids is 1. The summed E-state index contributed by atoms with van der Waals surface area (Å²) in [5.74, 6) is -0.669. The van der Waals surface area contributed by atoms with E-state index >= 15 is 0 Å². The maximum Gasteiger partial charge on any atom is 0.490 e. The number of hydrogen-bond donors (Lipinski definition) is 1. The van der Waals surface area contributed by atoms with Crippen LogP contribution in [0.1, 0.15) is 23.2 Å². The third-order valence-corrected chi connectivity index (χ3v) is 5.16. The molecular formula is C20H24F3N3O5. The number of likely N-dealkylation sites (tertiary alicyclic amines) is 1. The van der Waals surface area contributed by atoms with E-state index in [0.29, 0.717) is 25.0 Å². The van der Waals surface area contributed by atoms with E-state index in [9.17, 15) is 13.2 Å². The fourth-order valence-corrected chi connectivity index (χ4v) is 3.65. The maximum absolute atomic E-state index is 10.6. The molecule has 0 aliphatic carbocycles. The van der Waals surface area contributed by atoms with Crippen molar-refractivity contribution in [1.82, 2.24) is 15.0 Å². The van der Waals surface area contributed by atoms with Gasteiger partial charge in [-0.25, -0.2) is 4.79 Å². The minimum Gasteiger partial charge on any atom is -0.475 e. The first-order valence-corrected chi connectivity index (χ1v) is 9.80. The zero-order valence-electron chi connectivity index (χ0n) is 16.9. The average Bonchev–Trinajstić information content (AvgIpc) is 3.41. The summed E-state index contributed by atoms with van der Waals surface area (Å²) in [5, 5.41) is 11.0. The van der Waals surface area contributed by atoms with Gasteiger partial charge in [0.1, 0.15) is 0 Å². The molecule has 8 nitrogen and oxygen atoms in total. The number of carbonyl (C=O) groups is 1. The number of hydrogen-bond acceptors (Lipinski definition) is 7. The topological polar surface area (TPSA) is 97.9 Å². The summed E-state index contributed by atoms with van der Waals surface area (Å²) in [6, 6.07) is 10.3. The number of aromatic nitrogens is 2. The largest absolute Gasteiger partial charge is 0.490 e. The van der Waals surface area contributed by atoms with Gasteiger partial charge in [0.25, 0.3) is 0 Å². The molecule has 2 fully saturated rings. The van der Waals surface area contributed by atoms with E-state index in [-0.39, 0.29) is 12.0 Å². The Labute approximate surface area is 176 Å². The van der Waals surface area contributed by atoms with Crippen LogP contribution in [0.5, 0.6) is 0 Å². The second-order valence-electron chi connectivity index (χ2n) is 7.42. The van der Waals surface area contributed by atoms with Crippen molar-refractivity contribution in [3.05, 3.63) is 47.6 Å². The van der Waals surface area contributed by atoms with Gasteiger partial charge in [0.05, 0.1) is 31.8 Å². The lowest BCUT2D eigenvalue weighted by Crippen LogP contribution is -2.28. The molecule has 2 aliphatic heterocycles. The minimum atomic E-state index is -5.08. The highest BCUT2D eigenvalue weighted by Gasteiger charge is 2.46. The van der Waals surface area contributed by atoms with E-state index in [1.807, 2.05) is 25.1 Å². The molecule has 0 bridgehead atoms. The number of benzene rings is 1. The van der Waals surface area contributed by atoms with E-state index in [2.05, 4.69) is 27.2 Å². The van der Waals surface area contributed by atoms with Crippen LogP contribution in [-0.2, 0) is 20.9 Å². The van der Waals surface area contributed by atoms with Crippen LogP contribution < -0.4 is 0 Å². The molecule has 2 aromatic rings. The average molecular weight is 443 g/mol. The van der Waals surface area contributed by atoms with Crippen molar-refractivity contribution in [3.8, 4) is 0 Å². The molecule has 0 unspecified atom stereocenters. The first-order valence-electron chi connectivity index (χ1n) is 9.80. The fraction of sp³-hybridized carbons (Fsp3) is 0.550. The van der Waals surface area contributed by atoms with Crippen LogP contribution in [0.4, 0.5) is 13.2 Å². The number of nitrogens with zero attached hydrogens (tertiary/aromatic N) is 3. The van der Waals surface area contributed by atoms with Crippen molar-refractivity contribution in [1.29, 1.82) is 0 Å². The normalized spacial score (nSPS) is 23.3. The Hall–Kier alpha value is -2.50. The van der Waals surface area contributed by atoms with Crippen molar-refractivity contribution < 1.29 is 37.1 Å². The number of fused-ring (bicyclic) bond motifs is 1. The van der Waals surface area contributed by atoms with Gasteiger partial charge in [0.15, 0.2) is 5.82 Å². The van der Waals surface area contributed by atoms with Crippen molar-refractivity contribution >= 4 is 5.97 Å². The first kappa shape index (κ1) is 23.2. The van der Waals surface area contributed by atoms with E-state index < -0.39 is 12.1 Å². The predicted octanol–water partition coefficient (Wildman–Crippen LogP) is 2.64. The molecule has 1 aromatic carbocycles. The lowest BCUT2D eigenvalue weighted by atomic mass is 9.93. The quantitative estimate of drug-likeness (QED) is 0.681. The molecule has 2 saturated heterocycles. The third kappa shape index (κ3) is 6.49. The molecule has 2 aliphatic rings. The molecule has 11 heteroatoms. The molecule has 3 atom stereocenters. The summed E-state index contributed by atoms with van der Waals surface area (Å²) in [6.07, 6.45) is -4.81. The lowest BCUT2D eigenvalue weighted by Gasteiger charge is -2.18. The fourth-order valence-electron chi connectivity index (χ4n) is 3.65. The van der Waals surface area contributed by atoms with E-state index in [4.69, 9.17) is 23.9 Å². The van der Waals surface area contributed by atoms with Gasteiger partial charge in [-0.1, -0.05) is 35.5 Å². The standard InChI is InChI=1S/C18H23N3O3.C2HF3O2/c1-13-19-18(24-20-13)16-12-23-17-10-21(9-15(16)17)7-8-22-11-14-5-3-2-4-6-14;3-2(4,5)1(6)7/h2-6,15-17H,7-12H2,1H3;(H,6,7)/t15-,16+,17-;/m1./s1. The predicted molar refractivity (Wildman–Crippen MR) is 101 cm³/mol. The van der Waals surface area contributed by atoms with Crippen LogP contribution in [0.2, 0.25) is 0 Å². The highest BCUT2D eigenvalue weighted by Crippen LogP contribution is 2.39. The number of carboxylic acids is 1. The van der Waals surface area contributed by atoms with Crippen molar-refractivity contribution in [2.45, 2.75) is 31.7 Å². The summed E-state index contributed by atoms with van der Waals surface area (Å²) in [6.45, 7) is 6.84. The Morgan fingerprint density at radius 3 is 2.61 bits per heavy atom. The highest BCUT2D eigenvalue weighted by molar-refractivity contribution is 5.73. The molecule has 4 rings (SSSR count). The van der Waals surface area contributed by atoms with Crippen molar-refractivity contribution in [3.63, 3.8) is 0 Å². The zero-order chi connectivity index (χ0) is 22.4. The summed E-state index contributed by atoms with van der Waals surface area (Å²) < 4.78 is 48.8. The van der Waals surface area contributed by atoms with Gasteiger partial charge in [-0.2, -0.15) is 18.2 Å². The van der Waals surface area contributed by atoms with Gasteiger partial charge in [0, 0.05) is 25.6 Å². The van der Waals surface area contributed by atoms with E-state index in [0.717, 1.165) is 32.1 Å². The van der Waals surface area contributed by atoms with Crippen LogP contribution in [0, 0.1) is 12.8 Å². The van der Waals surface area contributed by atoms with Crippen LogP contribution >= 0.6 is 0 Å². The van der Waals surface area contributed by atoms with Crippen molar-refractivity contribution in [2.24, 2.45) is 5.92 Å². The number of alkyl halides is 3. The first-order chi connectivity index (χ1) is 14.7. The Bertz CT molecular complexity index is 846. The Kier molecular flexibility index (Phi) is 7.63. The van der Waals surface area contributed by atoms with Gasteiger partial charge < -0.3 is 19.1 Å². The van der Waals surface area contributed by atoms with Crippen LogP contribution in [0.15, 0.2) is 34.9 Å². The molecule has 1 aromatic heterocycles. The molecule has 3 heterocycles. The van der Waals surface area contributed by atoms with Gasteiger partial charge in [-0.05, 0) is 12.5 Å². The second kappa shape index (κ2) is 10.2. The molecule has 0 radical (unpaired) electrons. The molecule has 0 spiro atoms. The van der Waals surface area contributed by atoms with Gasteiger partial charge >= 0.3 is 12.1 Å². The summed E-state index contributed by atoms with van der Waals surface area (Å²) in [4.78, 5) is 15.7. The Balaban J connectivity index is 0.000000339. The summed E-state index contributed by atoms with van der Waals surface area (Å²) in [5.41, 5.74) is 1.21. The van der Waals surface area contributed by atoms with Gasteiger partial charge in [-0.15, -0.1) is 0 Å². The molecule has 170 valence electrons. The van der Waals surface area contributed by atoms with Crippen molar-refractivity contribution in [2.75, 3.05) is 32.8 Å². The third-order valence-electron chi connectivity index (χ3n) is 5.16. The Morgan fingerprint density at radius 2 is 2.00 bits per heavy atom. The maximum atomic E-state index is 10.6. The minimum absolute atomic E-state index is 0.228. The number of halogens is 3. The molecule has 0 saturated carbocycles. The SMILES string of the molecule is Cc1noc([C@H]2CO[C@@H]3CN(CCOCc4ccccc4)C[C@H]23)n1.O=C(O)C(F)(F)F. The smallest absolute Gasteiger partial charge is 0.475 e. The molecule has 1 N–H and O–H groups in total. The monoisotopic (exact) mass is 443 g/mol. The number of carboxylic acid groups (broad SMARTS) is 1. The number of rotatable bonds is 6. The van der Waals surface area contributed by atoms with E-state index in [1.165, 1.54) is 5.56 Å². The van der Waals surface area contributed by atoms with Crippen LogP contribution in [0.25, 0.3) is 0 Å².